The van der Waals surface area contributed by atoms with Gasteiger partial charge in [0.25, 0.3) is 0 Å². The Bertz CT molecular complexity index is 507. The van der Waals surface area contributed by atoms with Gasteiger partial charge in [0.1, 0.15) is 5.82 Å². The van der Waals surface area contributed by atoms with Gasteiger partial charge in [0, 0.05) is 26.1 Å². The van der Waals surface area contributed by atoms with Crippen LogP contribution in [0.5, 0.6) is 0 Å². The van der Waals surface area contributed by atoms with Crippen LogP contribution in [0, 0.1) is 0 Å². The molecule has 4 N–H and O–H groups in total. The molecule has 0 aromatic carbocycles. The Morgan fingerprint density at radius 1 is 1.61 bits per heavy atom. The zero-order chi connectivity index (χ0) is 13.0. The number of aliphatic hydroxyl groups excluding tert-OH is 1. The van der Waals surface area contributed by atoms with E-state index in [1.807, 2.05) is 0 Å². The third kappa shape index (κ3) is 2.69. The van der Waals surface area contributed by atoms with Gasteiger partial charge in [-0.15, -0.1) is 0 Å². The van der Waals surface area contributed by atoms with E-state index in [9.17, 15) is 0 Å². The molecule has 7 nitrogen and oxygen atoms in total. The molecule has 0 fully saturated rings. The lowest BCUT2D eigenvalue weighted by molar-refractivity contribution is 0.170. The standard InChI is InChI=1S/C11H17N5O2/c1-18-7-8(2-5-17)14-10-11-13-3-4-16(11)6-9(12)15-10/h3-4,6,8,17H,2,5,7,12H2,1H3,(H,14,15). The number of nitrogens with one attached hydrogen (secondary N) is 1. The first-order valence-corrected chi connectivity index (χ1v) is 5.70. The van der Waals surface area contributed by atoms with Gasteiger partial charge in [-0.3, -0.25) is 0 Å². The van der Waals surface area contributed by atoms with Crippen molar-refractivity contribution in [2.45, 2.75) is 12.5 Å². The van der Waals surface area contributed by atoms with Crippen LogP contribution in [0.1, 0.15) is 6.42 Å². The number of rotatable bonds is 6. The van der Waals surface area contributed by atoms with Crippen LogP contribution in [-0.2, 0) is 4.74 Å². The van der Waals surface area contributed by atoms with Crippen LogP contribution in [0.25, 0.3) is 5.65 Å². The highest BCUT2D eigenvalue weighted by Gasteiger charge is 2.12. The van der Waals surface area contributed by atoms with Gasteiger partial charge >= 0.3 is 0 Å². The molecule has 0 saturated heterocycles. The van der Waals surface area contributed by atoms with Crippen LogP contribution in [-0.4, -0.2) is 45.8 Å². The summed E-state index contributed by atoms with van der Waals surface area (Å²) < 4.78 is 6.89. The molecule has 2 aromatic heterocycles. The lowest BCUT2D eigenvalue weighted by Gasteiger charge is -2.17. The first kappa shape index (κ1) is 12.6. The number of aromatic nitrogens is 3. The predicted octanol–water partition coefficient (Wildman–Crippen LogP) is 0.121. The zero-order valence-electron chi connectivity index (χ0n) is 10.2. The maximum atomic E-state index is 9.01. The number of hydrogen-bond donors (Lipinski definition) is 3. The molecule has 7 heteroatoms. The Labute approximate surface area is 105 Å². The molecule has 2 heterocycles. The Morgan fingerprint density at radius 3 is 3.17 bits per heavy atom. The van der Waals surface area contributed by atoms with E-state index >= 15 is 0 Å². The molecule has 0 aliphatic carbocycles. The Kier molecular flexibility index (Phi) is 3.96. The fourth-order valence-electron chi connectivity index (χ4n) is 1.80. The molecule has 18 heavy (non-hydrogen) atoms. The quantitative estimate of drug-likeness (QED) is 0.674. The van der Waals surface area contributed by atoms with Crippen LogP contribution < -0.4 is 11.1 Å². The van der Waals surface area contributed by atoms with E-state index in [-0.39, 0.29) is 12.6 Å². The number of nitrogen functional groups attached to an aromatic ring is 1. The van der Waals surface area contributed by atoms with Crippen molar-refractivity contribution in [1.29, 1.82) is 0 Å². The van der Waals surface area contributed by atoms with E-state index in [2.05, 4.69) is 15.3 Å². The largest absolute Gasteiger partial charge is 0.396 e. The molecule has 2 aromatic rings. The lowest BCUT2D eigenvalue weighted by Crippen LogP contribution is -2.27. The summed E-state index contributed by atoms with van der Waals surface area (Å²) in [6, 6.07) is -0.0326. The zero-order valence-corrected chi connectivity index (χ0v) is 10.2. The van der Waals surface area contributed by atoms with E-state index in [1.165, 1.54) is 0 Å². The van der Waals surface area contributed by atoms with E-state index < -0.39 is 0 Å². The first-order valence-electron chi connectivity index (χ1n) is 5.70. The van der Waals surface area contributed by atoms with Gasteiger partial charge in [-0.1, -0.05) is 0 Å². The monoisotopic (exact) mass is 251 g/mol. The molecule has 0 bridgehead atoms. The predicted molar refractivity (Wildman–Crippen MR) is 68.4 cm³/mol. The number of anilines is 2. The third-order valence-corrected chi connectivity index (χ3v) is 2.58. The molecule has 0 amide bonds. The van der Waals surface area contributed by atoms with Crippen LogP contribution >= 0.6 is 0 Å². The number of imidazole rings is 1. The van der Waals surface area contributed by atoms with Gasteiger partial charge in [-0.25, -0.2) is 9.97 Å². The van der Waals surface area contributed by atoms with Crippen LogP contribution in [0.3, 0.4) is 0 Å². The van der Waals surface area contributed by atoms with Crippen molar-refractivity contribution in [3.05, 3.63) is 18.6 Å². The van der Waals surface area contributed by atoms with Gasteiger partial charge in [0.05, 0.1) is 18.8 Å². The topological polar surface area (TPSA) is 97.7 Å². The summed E-state index contributed by atoms with van der Waals surface area (Å²) in [4.78, 5) is 8.44. The van der Waals surface area contributed by atoms with Crippen molar-refractivity contribution in [3.63, 3.8) is 0 Å². The molecule has 0 aliphatic heterocycles. The number of methoxy groups -OCH3 is 1. The maximum Gasteiger partial charge on any atom is 0.180 e. The summed E-state index contributed by atoms with van der Waals surface area (Å²) in [5.74, 6) is 0.999. The van der Waals surface area contributed by atoms with Crippen LogP contribution in [0.15, 0.2) is 18.6 Å². The number of aliphatic hydroxyl groups is 1. The fraction of sp³-hybridized carbons (Fsp3) is 0.455. The van der Waals surface area contributed by atoms with Crippen LogP contribution in [0.4, 0.5) is 11.6 Å². The number of hydrogen-bond acceptors (Lipinski definition) is 6. The minimum absolute atomic E-state index is 0.0326. The minimum Gasteiger partial charge on any atom is -0.396 e. The Hall–Kier alpha value is -1.86. The second-order valence-corrected chi connectivity index (χ2v) is 3.98. The van der Waals surface area contributed by atoms with E-state index in [0.29, 0.717) is 30.3 Å². The Balaban J connectivity index is 2.26. The molecule has 1 unspecified atom stereocenters. The lowest BCUT2D eigenvalue weighted by atomic mass is 10.2. The molecular formula is C11H17N5O2. The Morgan fingerprint density at radius 2 is 2.44 bits per heavy atom. The second kappa shape index (κ2) is 5.65. The summed E-state index contributed by atoms with van der Waals surface area (Å²) in [7, 11) is 1.62. The van der Waals surface area contributed by atoms with E-state index in [1.54, 1.807) is 30.1 Å². The molecule has 0 spiro atoms. The van der Waals surface area contributed by atoms with Gasteiger partial charge in [0.2, 0.25) is 0 Å². The number of nitrogens with zero attached hydrogens (tertiary/aromatic N) is 3. The highest BCUT2D eigenvalue weighted by Crippen LogP contribution is 2.16. The highest BCUT2D eigenvalue weighted by molar-refractivity contribution is 5.65. The van der Waals surface area contributed by atoms with Crippen molar-refractivity contribution in [2.24, 2.45) is 0 Å². The van der Waals surface area contributed by atoms with E-state index in [0.717, 1.165) is 0 Å². The molecule has 0 saturated carbocycles. The highest BCUT2D eigenvalue weighted by atomic mass is 16.5. The molecule has 98 valence electrons. The second-order valence-electron chi connectivity index (χ2n) is 3.98. The SMILES string of the molecule is COCC(CCO)Nc1nc(N)cn2ccnc12. The van der Waals surface area contributed by atoms with Crippen molar-refractivity contribution in [1.82, 2.24) is 14.4 Å². The summed E-state index contributed by atoms with van der Waals surface area (Å²) in [5.41, 5.74) is 6.42. The van der Waals surface area contributed by atoms with Crippen molar-refractivity contribution < 1.29 is 9.84 Å². The average molecular weight is 251 g/mol. The molecule has 1 atom stereocenters. The molecular weight excluding hydrogens is 234 g/mol. The summed E-state index contributed by atoms with van der Waals surface area (Å²) in [5, 5.41) is 12.2. The average Bonchev–Trinajstić information content (AvgIpc) is 2.77. The summed E-state index contributed by atoms with van der Waals surface area (Å²) in [6.45, 7) is 0.554. The van der Waals surface area contributed by atoms with Gasteiger partial charge in [0.15, 0.2) is 11.5 Å². The molecule has 0 radical (unpaired) electrons. The van der Waals surface area contributed by atoms with Gasteiger partial charge < -0.3 is 25.3 Å². The van der Waals surface area contributed by atoms with Crippen molar-refractivity contribution in [2.75, 3.05) is 31.4 Å². The van der Waals surface area contributed by atoms with Crippen molar-refractivity contribution in [3.8, 4) is 0 Å². The number of fused-ring (bicyclic) bond motifs is 1. The number of nitrogens with two attached hydrogens (primary N) is 1. The van der Waals surface area contributed by atoms with E-state index in [4.69, 9.17) is 15.6 Å². The van der Waals surface area contributed by atoms with Crippen LogP contribution in [0.2, 0.25) is 0 Å². The third-order valence-electron chi connectivity index (χ3n) is 2.58. The molecule has 2 rings (SSSR count). The number of ether oxygens (including phenoxy) is 1. The first-order chi connectivity index (χ1) is 8.74. The molecule has 0 aliphatic rings. The normalized spacial score (nSPS) is 12.8. The van der Waals surface area contributed by atoms with Crippen molar-refractivity contribution >= 4 is 17.3 Å². The summed E-state index contributed by atoms with van der Waals surface area (Å²) in [6.07, 6.45) is 5.75. The maximum absolute atomic E-state index is 9.01. The van der Waals surface area contributed by atoms with Gasteiger partial charge in [-0.05, 0) is 6.42 Å². The summed E-state index contributed by atoms with van der Waals surface area (Å²) >= 11 is 0. The van der Waals surface area contributed by atoms with Gasteiger partial charge in [-0.2, -0.15) is 0 Å². The smallest absolute Gasteiger partial charge is 0.180 e. The fourth-order valence-corrected chi connectivity index (χ4v) is 1.80. The minimum atomic E-state index is -0.0326.